The second-order valence-corrected chi connectivity index (χ2v) is 6.59. The van der Waals surface area contributed by atoms with Crippen molar-refractivity contribution in [3.63, 3.8) is 0 Å². The van der Waals surface area contributed by atoms with Crippen LogP contribution in [0, 0.1) is 11.3 Å². The summed E-state index contributed by atoms with van der Waals surface area (Å²) in [7, 11) is 0. The molecule has 0 unspecified atom stereocenters. The van der Waals surface area contributed by atoms with Crippen molar-refractivity contribution >= 4 is 16.6 Å². The van der Waals surface area contributed by atoms with Crippen LogP contribution in [0.25, 0.3) is 22.0 Å². The SMILES string of the molecule is N#Cc1cnc2cc(-c3cccc(CNCc4ccncc4)c3)ccc2c1N. The maximum absolute atomic E-state index is 9.11. The molecule has 0 fully saturated rings. The van der Waals surface area contributed by atoms with Crippen LogP contribution in [0.1, 0.15) is 16.7 Å². The normalized spacial score (nSPS) is 10.7. The van der Waals surface area contributed by atoms with Gasteiger partial charge in [-0.05, 0) is 46.5 Å². The molecule has 0 aliphatic rings. The minimum atomic E-state index is 0.405. The summed E-state index contributed by atoms with van der Waals surface area (Å²) in [5, 5.41) is 13.4. The Morgan fingerprint density at radius 2 is 1.71 bits per heavy atom. The minimum absolute atomic E-state index is 0.405. The maximum atomic E-state index is 9.11. The Hall–Kier alpha value is -3.75. The molecule has 0 spiro atoms. The average Bonchev–Trinajstić information content (AvgIpc) is 2.75. The minimum Gasteiger partial charge on any atom is -0.397 e. The monoisotopic (exact) mass is 365 g/mol. The fourth-order valence-corrected chi connectivity index (χ4v) is 3.20. The van der Waals surface area contributed by atoms with E-state index in [0.29, 0.717) is 11.3 Å². The molecule has 28 heavy (non-hydrogen) atoms. The smallest absolute Gasteiger partial charge is 0.103 e. The molecule has 2 aromatic carbocycles. The molecule has 4 rings (SSSR count). The van der Waals surface area contributed by atoms with Gasteiger partial charge in [-0.3, -0.25) is 9.97 Å². The predicted molar refractivity (Wildman–Crippen MR) is 111 cm³/mol. The number of fused-ring (bicyclic) bond motifs is 1. The molecule has 136 valence electrons. The fourth-order valence-electron chi connectivity index (χ4n) is 3.20. The van der Waals surface area contributed by atoms with Crippen molar-refractivity contribution in [3.8, 4) is 17.2 Å². The lowest BCUT2D eigenvalue weighted by Gasteiger charge is -2.09. The quantitative estimate of drug-likeness (QED) is 0.557. The predicted octanol–water partition coefficient (Wildman–Crippen LogP) is 4.04. The molecule has 0 amide bonds. The van der Waals surface area contributed by atoms with E-state index in [2.05, 4.69) is 45.6 Å². The molecule has 0 saturated heterocycles. The van der Waals surface area contributed by atoms with Gasteiger partial charge in [0.2, 0.25) is 0 Å². The summed E-state index contributed by atoms with van der Waals surface area (Å²) >= 11 is 0. The van der Waals surface area contributed by atoms with E-state index in [1.165, 1.54) is 17.3 Å². The highest BCUT2D eigenvalue weighted by Gasteiger charge is 2.07. The van der Waals surface area contributed by atoms with E-state index >= 15 is 0 Å². The van der Waals surface area contributed by atoms with Gasteiger partial charge in [0.05, 0.1) is 16.8 Å². The van der Waals surface area contributed by atoms with E-state index in [4.69, 9.17) is 11.0 Å². The molecule has 0 radical (unpaired) electrons. The van der Waals surface area contributed by atoms with Gasteiger partial charge in [0.15, 0.2) is 0 Å². The van der Waals surface area contributed by atoms with Gasteiger partial charge in [-0.1, -0.05) is 30.3 Å². The van der Waals surface area contributed by atoms with Crippen molar-refractivity contribution in [1.29, 1.82) is 5.26 Å². The van der Waals surface area contributed by atoms with Gasteiger partial charge in [-0.2, -0.15) is 5.26 Å². The van der Waals surface area contributed by atoms with E-state index in [1.807, 2.05) is 30.3 Å². The summed E-state index contributed by atoms with van der Waals surface area (Å²) in [4.78, 5) is 8.42. The number of benzene rings is 2. The van der Waals surface area contributed by atoms with Crippen molar-refractivity contribution in [2.75, 3.05) is 5.73 Å². The lowest BCUT2D eigenvalue weighted by molar-refractivity contribution is 0.693. The van der Waals surface area contributed by atoms with Gasteiger partial charge < -0.3 is 11.1 Å². The Morgan fingerprint density at radius 1 is 0.929 bits per heavy atom. The Morgan fingerprint density at radius 3 is 2.54 bits per heavy atom. The zero-order chi connectivity index (χ0) is 19.3. The van der Waals surface area contributed by atoms with Gasteiger partial charge in [0.25, 0.3) is 0 Å². The van der Waals surface area contributed by atoms with Crippen LogP contribution in [0.2, 0.25) is 0 Å². The Kier molecular flexibility index (Phi) is 4.96. The average molecular weight is 365 g/mol. The molecule has 5 heteroatoms. The molecule has 0 saturated carbocycles. The van der Waals surface area contributed by atoms with Gasteiger partial charge >= 0.3 is 0 Å². The van der Waals surface area contributed by atoms with Crippen LogP contribution in [0.5, 0.6) is 0 Å². The molecule has 2 heterocycles. The molecule has 5 nitrogen and oxygen atoms in total. The van der Waals surface area contributed by atoms with Crippen LogP contribution in [0.4, 0.5) is 5.69 Å². The third kappa shape index (κ3) is 3.68. The largest absolute Gasteiger partial charge is 0.397 e. The van der Waals surface area contributed by atoms with Crippen LogP contribution in [-0.4, -0.2) is 9.97 Å². The number of nitrogen functional groups attached to an aromatic ring is 1. The first-order chi connectivity index (χ1) is 13.7. The number of pyridine rings is 2. The van der Waals surface area contributed by atoms with Crippen molar-refractivity contribution in [2.45, 2.75) is 13.1 Å². The van der Waals surface area contributed by atoms with Crippen molar-refractivity contribution in [1.82, 2.24) is 15.3 Å². The Bertz CT molecular complexity index is 1160. The molecule has 0 aliphatic carbocycles. The summed E-state index contributed by atoms with van der Waals surface area (Å²) in [5.74, 6) is 0. The summed E-state index contributed by atoms with van der Waals surface area (Å²) in [6, 6.07) is 20.5. The third-order valence-corrected chi connectivity index (χ3v) is 4.70. The number of rotatable bonds is 5. The van der Waals surface area contributed by atoms with Crippen molar-refractivity contribution in [3.05, 3.63) is 89.9 Å². The maximum Gasteiger partial charge on any atom is 0.103 e. The summed E-state index contributed by atoms with van der Waals surface area (Å²) in [5.41, 5.74) is 12.3. The summed E-state index contributed by atoms with van der Waals surface area (Å²) in [6.45, 7) is 1.58. The van der Waals surface area contributed by atoms with Crippen LogP contribution in [0.3, 0.4) is 0 Å². The Labute approximate surface area is 163 Å². The molecule has 3 N–H and O–H groups in total. The molecule has 0 bridgehead atoms. The highest BCUT2D eigenvalue weighted by atomic mass is 14.8. The molecular weight excluding hydrogens is 346 g/mol. The highest BCUT2D eigenvalue weighted by molar-refractivity contribution is 5.95. The molecule has 0 aliphatic heterocycles. The summed E-state index contributed by atoms with van der Waals surface area (Å²) in [6.07, 6.45) is 5.14. The first-order valence-electron chi connectivity index (χ1n) is 9.02. The van der Waals surface area contributed by atoms with Crippen molar-refractivity contribution in [2.24, 2.45) is 0 Å². The number of anilines is 1. The molecule has 4 aromatic rings. The van der Waals surface area contributed by atoms with Crippen LogP contribution >= 0.6 is 0 Å². The second-order valence-electron chi connectivity index (χ2n) is 6.59. The Balaban J connectivity index is 1.54. The topological polar surface area (TPSA) is 87.6 Å². The zero-order valence-corrected chi connectivity index (χ0v) is 15.3. The summed E-state index contributed by atoms with van der Waals surface area (Å²) < 4.78 is 0. The van der Waals surface area contributed by atoms with Gasteiger partial charge in [0, 0.05) is 37.1 Å². The van der Waals surface area contributed by atoms with Crippen LogP contribution in [0.15, 0.2) is 73.2 Å². The molecule has 2 aromatic heterocycles. The number of nitrogens with two attached hydrogens (primary N) is 1. The highest BCUT2D eigenvalue weighted by Crippen LogP contribution is 2.28. The lowest BCUT2D eigenvalue weighted by Crippen LogP contribution is -2.12. The van der Waals surface area contributed by atoms with Crippen LogP contribution in [-0.2, 0) is 13.1 Å². The number of hydrogen-bond acceptors (Lipinski definition) is 5. The van der Waals surface area contributed by atoms with E-state index in [0.717, 1.165) is 35.1 Å². The second kappa shape index (κ2) is 7.87. The van der Waals surface area contributed by atoms with Gasteiger partial charge in [-0.25, -0.2) is 0 Å². The number of aromatic nitrogens is 2. The zero-order valence-electron chi connectivity index (χ0n) is 15.3. The molecule has 0 atom stereocenters. The lowest BCUT2D eigenvalue weighted by atomic mass is 10.0. The number of nitrogens with one attached hydrogen (secondary N) is 1. The molecular formula is C23H19N5. The van der Waals surface area contributed by atoms with Crippen LogP contribution < -0.4 is 11.1 Å². The standard InChI is InChI=1S/C23H19N5/c24-12-20-15-28-22-11-19(4-5-21(22)23(20)25)18-3-1-2-17(10-18)14-27-13-16-6-8-26-9-7-16/h1-11,15,27H,13-14H2,(H2,25,28). The van der Waals surface area contributed by atoms with E-state index < -0.39 is 0 Å². The third-order valence-electron chi connectivity index (χ3n) is 4.70. The van der Waals surface area contributed by atoms with Gasteiger partial charge in [0.1, 0.15) is 6.07 Å². The number of nitriles is 1. The fraction of sp³-hybridized carbons (Fsp3) is 0.0870. The van der Waals surface area contributed by atoms with Crippen molar-refractivity contribution < 1.29 is 0 Å². The van der Waals surface area contributed by atoms with Gasteiger partial charge in [-0.15, -0.1) is 0 Å². The van der Waals surface area contributed by atoms with E-state index in [9.17, 15) is 0 Å². The van der Waals surface area contributed by atoms with E-state index in [-0.39, 0.29) is 0 Å². The van der Waals surface area contributed by atoms with E-state index in [1.54, 1.807) is 12.4 Å². The first-order valence-corrected chi connectivity index (χ1v) is 9.02. The number of nitrogens with zero attached hydrogens (tertiary/aromatic N) is 3. The first kappa shape index (κ1) is 17.7. The number of hydrogen-bond donors (Lipinski definition) is 2.